The standard InChI is InChI=1S/C12H17ClNOP/c13-6-1-2-7-15-11-4-3-10-5-8-16-14-12(10)9-11/h3-4,9,14,16H,1-2,5-8H2. The van der Waals surface area contributed by atoms with Crippen LogP contribution in [0.4, 0.5) is 5.69 Å². The summed E-state index contributed by atoms with van der Waals surface area (Å²) in [6, 6.07) is 6.35. The van der Waals surface area contributed by atoms with Crippen LogP contribution in [0.2, 0.25) is 0 Å². The zero-order valence-electron chi connectivity index (χ0n) is 9.26. The first-order valence-corrected chi connectivity index (χ1v) is 7.45. The Balaban J connectivity index is 1.90. The van der Waals surface area contributed by atoms with Gasteiger partial charge in [0, 0.05) is 17.6 Å². The van der Waals surface area contributed by atoms with Gasteiger partial charge in [-0.1, -0.05) is 6.07 Å². The van der Waals surface area contributed by atoms with Crippen molar-refractivity contribution in [2.45, 2.75) is 19.3 Å². The van der Waals surface area contributed by atoms with E-state index >= 15 is 0 Å². The number of hydrogen-bond donors (Lipinski definition) is 1. The Morgan fingerprint density at radius 1 is 1.38 bits per heavy atom. The van der Waals surface area contributed by atoms with Crippen molar-refractivity contribution in [3.8, 4) is 5.75 Å². The number of fused-ring (bicyclic) bond motifs is 1. The second kappa shape index (κ2) is 6.32. The van der Waals surface area contributed by atoms with Crippen LogP contribution < -0.4 is 9.82 Å². The van der Waals surface area contributed by atoms with Crippen molar-refractivity contribution in [3.05, 3.63) is 23.8 Å². The lowest BCUT2D eigenvalue weighted by molar-refractivity contribution is 0.310. The summed E-state index contributed by atoms with van der Waals surface area (Å²) < 4.78 is 5.68. The molecule has 1 aromatic rings. The maximum atomic E-state index is 5.68. The van der Waals surface area contributed by atoms with E-state index in [0.717, 1.165) is 39.8 Å². The maximum Gasteiger partial charge on any atom is 0.121 e. The summed E-state index contributed by atoms with van der Waals surface area (Å²) in [6.45, 7) is 0.758. The van der Waals surface area contributed by atoms with E-state index in [-0.39, 0.29) is 0 Å². The number of hydrogen-bond acceptors (Lipinski definition) is 2. The summed E-state index contributed by atoms with van der Waals surface area (Å²) in [4.78, 5) is 0. The molecule has 2 rings (SSSR count). The van der Waals surface area contributed by atoms with Gasteiger partial charge < -0.3 is 9.82 Å². The lowest BCUT2D eigenvalue weighted by atomic mass is 10.1. The van der Waals surface area contributed by atoms with Gasteiger partial charge in [0.05, 0.1) is 6.61 Å². The molecular weight excluding hydrogens is 241 g/mol. The number of alkyl halides is 1. The number of anilines is 1. The van der Waals surface area contributed by atoms with Gasteiger partial charge in [-0.15, -0.1) is 11.6 Å². The van der Waals surface area contributed by atoms with E-state index in [2.05, 4.69) is 23.3 Å². The fraction of sp³-hybridized carbons (Fsp3) is 0.500. The molecular formula is C12H17ClNOP. The van der Waals surface area contributed by atoms with Gasteiger partial charge in [0.1, 0.15) is 5.75 Å². The van der Waals surface area contributed by atoms with Crippen LogP contribution in [0.1, 0.15) is 18.4 Å². The van der Waals surface area contributed by atoms with E-state index in [1.165, 1.54) is 23.8 Å². The van der Waals surface area contributed by atoms with Crippen molar-refractivity contribution >= 4 is 26.0 Å². The van der Waals surface area contributed by atoms with Crippen molar-refractivity contribution in [1.82, 2.24) is 0 Å². The first-order chi connectivity index (χ1) is 7.90. The highest BCUT2D eigenvalue weighted by Crippen LogP contribution is 2.32. The maximum absolute atomic E-state index is 5.68. The Morgan fingerprint density at radius 2 is 2.31 bits per heavy atom. The quantitative estimate of drug-likeness (QED) is 0.494. The number of rotatable bonds is 5. The second-order valence-corrected chi connectivity index (χ2v) is 5.35. The largest absolute Gasteiger partial charge is 0.494 e. The van der Waals surface area contributed by atoms with Gasteiger partial charge in [-0.25, -0.2) is 0 Å². The van der Waals surface area contributed by atoms with E-state index in [0.29, 0.717) is 0 Å². The molecule has 0 aliphatic carbocycles. The number of ether oxygens (including phenoxy) is 1. The topological polar surface area (TPSA) is 21.3 Å². The molecule has 0 fully saturated rings. The fourth-order valence-corrected chi connectivity index (χ4v) is 2.85. The molecule has 16 heavy (non-hydrogen) atoms. The first-order valence-electron chi connectivity index (χ1n) is 5.71. The van der Waals surface area contributed by atoms with Crippen molar-refractivity contribution in [1.29, 1.82) is 0 Å². The van der Waals surface area contributed by atoms with E-state index in [1.807, 2.05) is 0 Å². The smallest absolute Gasteiger partial charge is 0.121 e. The Labute approximate surface area is 104 Å². The Bertz CT molecular complexity index is 346. The third-order valence-corrected chi connectivity index (χ3v) is 3.83. The molecule has 0 amide bonds. The highest BCUT2D eigenvalue weighted by Gasteiger charge is 2.08. The lowest BCUT2D eigenvalue weighted by Gasteiger charge is -2.18. The molecule has 4 heteroatoms. The molecule has 1 unspecified atom stereocenters. The molecule has 1 aromatic carbocycles. The Hall–Kier alpha value is -0.460. The molecule has 0 saturated carbocycles. The molecule has 1 heterocycles. The van der Waals surface area contributed by atoms with Gasteiger partial charge in [0.2, 0.25) is 0 Å². The van der Waals surface area contributed by atoms with Gasteiger partial charge in [0.15, 0.2) is 0 Å². The molecule has 2 nitrogen and oxygen atoms in total. The van der Waals surface area contributed by atoms with Crippen LogP contribution in [-0.2, 0) is 6.42 Å². The first kappa shape index (κ1) is 12.0. The average Bonchev–Trinajstić information content (AvgIpc) is 2.34. The fourth-order valence-electron chi connectivity index (χ4n) is 1.72. The monoisotopic (exact) mass is 257 g/mol. The van der Waals surface area contributed by atoms with E-state index in [9.17, 15) is 0 Å². The molecule has 1 atom stereocenters. The zero-order chi connectivity index (χ0) is 11.2. The third-order valence-electron chi connectivity index (χ3n) is 2.62. The average molecular weight is 258 g/mol. The van der Waals surface area contributed by atoms with Crippen LogP contribution in [-0.4, -0.2) is 18.6 Å². The van der Waals surface area contributed by atoms with Crippen LogP contribution in [0, 0.1) is 0 Å². The highest BCUT2D eigenvalue weighted by atomic mass is 35.5. The van der Waals surface area contributed by atoms with Crippen molar-refractivity contribution in [2.75, 3.05) is 23.7 Å². The summed E-state index contributed by atoms with van der Waals surface area (Å²) in [7, 11) is 0.844. The molecule has 0 spiro atoms. The van der Waals surface area contributed by atoms with Crippen LogP contribution in [0.5, 0.6) is 5.75 Å². The SMILES string of the molecule is ClCCCCOc1ccc2c(c1)NPCC2. The molecule has 0 saturated heterocycles. The van der Waals surface area contributed by atoms with Gasteiger partial charge in [-0.2, -0.15) is 0 Å². The summed E-state index contributed by atoms with van der Waals surface area (Å²) in [5, 5.41) is 3.43. The summed E-state index contributed by atoms with van der Waals surface area (Å²) >= 11 is 5.61. The normalized spacial score (nSPS) is 15.6. The zero-order valence-corrected chi connectivity index (χ0v) is 11.0. The summed E-state index contributed by atoms with van der Waals surface area (Å²) in [5.41, 5.74) is 2.66. The minimum Gasteiger partial charge on any atom is -0.494 e. The molecule has 0 bridgehead atoms. The molecule has 1 aliphatic rings. The number of benzene rings is 1. The predicted octanol–water partition coefficient (Wildman–Crippen LogP) is 3.65. The van der Waals surface area contributed by atoms with Gasteiger partial charge >= 0.3 is 0 Å². The van der Waals surface area contributed by atoms with Crippen molar-refractivity contribution < 1.29 is 4.74 Å². The van der Waals surface area contributed by atoms with E-state index in [4.69, 9.17) is 16.3 Å². The van der Waals surface area contributed by atoms with Crippen LogP contribution in [0.25, 0.3) is 0 Å². The van der Waals surface area contributed by atoms with Crippen LogP contribution in [0.3, 0.4) is 0 Å². The second-order valence-electron chi connectivity index (χ2n) is 3.87. The Morgan fingerprint density at radius 3 is 3.19 bits per heavy atom. The Kier molecular flexibility index (Phi) is 4.74. The van der Waals surface area contributed by atoms with E-state index in [1.54, 1.807) is 0 Å². The van der Waals surface area contributed by atoms with Gasteiger partial charge in [-0.3, -0.25) is 0 Å². The number of aryl methyl sites for hydroxylation is 1. The molecule has 1 aliphatic heterocycles. The number of halogens is 1. The highest BCUT2D eigenvalue weighted by molar-refractivity contribution is 7.39. The minimum atomic E-state index is 0.718. The molecule has 0 aromatic heterocycles. The van der Waals surface area contributed by atoms with E-state index < -0.39 is 0 Å². The number of unbranched alkanes of at least 4 members (excludes halogenated alkanes) is 1. The lowest BCUT2D eigenvalue weighted by Crippen LogP contribution is -2.04. The summed E-state index contributed by atoms with van der Waals surface area (Å²) in [5.74, 6) is 1.68. The third kappa shape index (κ3) is 3.26. The predicted molar refractivity (Wildman–Crippen MR) is 72.4 cm³/mol. The van der Waals surface area contributed by atoms with Gasteiger partial charge in [0.25, 0.3) is 0 Å². The summed E-state index contributed by atoms with van der Waals surface area (Å²) in [6.07, 6.45) is 4.48. The van der Waals surface area contributed by atoms with Crippen molar-refractivity contribution in [3.63, 3.8) is 0 Å². The number of nitrogens with one attached hydrogen (secondary N) is 1. The molecule has 1 N–H and O–H groups in total. The molecule has 0 radical (unpaired) electrons. The molecule has 88 valence electrons. The van der Waals surface area contributed by atoms with Crippen LogP contribution >= 0.6 is 20.3 Å². The minimum absolute atomic E-state index is 0.718. The van der Waals surface area contributed by atoms with Crippen LogP contribution in [0.15, 0.2) is 18.2 Å². The van der Waals surface area contributed by atoms with Crippen molar-refractivity contribution in [2.24, 2.45) is 0 Å². The van der Waals surface area contributed by atoms with Gasteiger partial charge in [-0.05, 0) is 45.8 Å².